The van der Waals surface area contributed by atoms with E-state index in [9.17, 15) is 4.79 Å². The average molecular weight is 262 g/mol. The van der Waals surface area contributed by atoms with E-state index in [4.69, 9.17) is 5.73 Å². The predicted molar refractivity (Wildman–Crippen MR) is 78.4 cm³/mol. The molecule has 0 aromatic heterocycles. The smallest absolute Gasteiger partial charge is 0.244 e. The molecule has 18 heavy (non-hydrogen) atoms. The van der Waals surface area contributed by atoms with Crippen LogP contribution in [0, 0.1) is 0 Å². The number of thioether (sulfide) groups is 1. The van der Waals surface area contributed by atoms with E-state index in [2.05, 4.69) is 5.32 Å². The largest absolute Gasteiger partial charge is 0.399 e. The molecule has 0 unspecified atom stereocenters. The highest BCUT2D eigenvalue weighted by molar-refractivity contribution is 7.99. The highest BCUT2D eigenvalue weighted by atomic mass is 32.2. The van der Waals surface area contributed by atoms with Crippen molar-refractivity contribution in [2.45, 2.75) is 18.9 Å². The molecule has 1 fully saturated rings. The van der Waals surface area contributed by atoms with Gasteiger partial charge in [-0.15, -0.1) is 0 Å². The second kappa shape index (κ2) is 6.50. The van der Waals surface area contributed by atoms with Gasteiger partial charge in [-0.3, -0.25) is 4.79 Å². The molecule has 0 spiro atoms. The van der Waals surface area contributed by atoms with Gasteiger partial charge in [0.05, 0.1) is 0 Å². The Hall–Kier alpha value is -1.42. The van der Waals surface area contributed by atoms with Crippen molar-refractivity contribution in [3.8, 4) is 0 Å². The average Bonchev–Trinajstić information content (AvgIpc) is 2.39. The zero-order chi connectivity index (χ0) is 12.8. The van der Waals surface area contributed by atoms with Gasteiger partial charge >= 0.3 is 0 Å². The topological polar surface area (TPSA) is 55.1 Å². The van der Waals surface area contributed by atoms with E-state index < -0.39 is 0 Å². The van der Waals surface area contributed by atoms with E-state index in [1.165, 1.54) is 0 Å². The molecule has 2 rings (SSSR count). The quantitative estimate of drug-likeness (QED) is 0.649. The molecule has 96 valence electrons. The van der Waals surface area contributed by atoms with Crippen molar-refractivity contribution in [2.75, 3.05) is 17.2 Å². The number of rotatable bonds is 3. The highest BCUT2D eigenvalue weighted by Crippen LogP contribution is 2.16. The van der Waals surface area contributed by atoms with Crippen LogP contribution in [0.5, 0.6) is 0 Å². The molecule has 0 atom stereocenters. The summed E-state index contributed by atoms with van der Waals surface area (Å²) in [5.41, 5.74) is 7.32. The number of benzene rings is 1. The number of amides is 1. The van der Waals surface area contributed by atoms with Gasteiger partial charge in [-0.05, 0) is 48.1 Å². The summed E-state index contributed by atoms with van der Waals surface area (Å²) in [6.07, 6.45) is 5.55. The van der Waals surface area contributed by atoms with Crippen molar-refractivity contribution in [1.29, 1.82) is 0 Å². The number of nitrogens with one attached hydrogen (secondary N) is 1. The first kappa shape index (κ1) is 13.0. The number of nitrogens with two attached hydrogens (primary N) is 1. The summed E-state index contributed by atoms with van der Waals surface area (Å²) in [6.45, 7) is 0. The Bertz CT molecular complexity index is 422. The van der Waals surface area contributed by atoms with E-state index in [0.717, 1.165) is 35.6 Å². The lowest BCUT2D eigenvalue weighted by atomic mass is 10.1. The second-order valence-corrected chi connectivity index (χ2v) is 5.62. The molecular formula is C14H18N2OS. The Morgan fingerprint density at radius 3 is 2.61 bits per heavy atom. The molecule has 4 heteroatoms. The molecule has 1 aromatic rings. The molecule has 0 bridgehead atoms. The number of carbonyl (C=O) groups is 1. The number of carbonyl (C=O) groups excluding carboxylic acids is 1. The lowest BCUT2D eigenvalue weighted by Crippen LogP contribution is -2.36. The minimum Gasteiger partial charge on any atom is -0.399 e. The van der Waals surface area contributed by atoms with Gasteiger partial charge < -0.3 is 11.1 Å². The number of nitrogen functional groups attached to an aromatic ring is 1. The van der Waals surface area contributed by atoms with Gasteiger partial charge in [0.2, 0.25) is 5.91 Å². The van der Waals surface area contributed by atoms with Gasteiger partial charge in [0.1, 0.15) is 0 Å². The zero-order valence-electron chi connectivity index (χ0n) is 10.3. The normalized spacial score (nSPS) is 16.9. The summed E-state index contributed by atoms with van der Waals surface area (Å²) in [6, 6.07) is 7.80. The zero-order valence-corrected chi connectivity index (χ0v) is 11.1. The van der Waals surface area contributed by atoms with Crippen LogP contribution in [0.15, 0.2) is 30.3 Å². The standard InChI is InChI=1S/C14H18N2OS/c15-12-4-1-11(2-5-12)3-6-14(17)16-13-7-9-18-10-8-13/h1-6,13H,7-10,15H2,(H,16,17)/b6-3+. The Labute approximate surface area is 112 Å². The van der Waals surface area contributed by atoms with Crippen LogP contribution < -0.4 is 11.1 Å². The molecule has 1 amide bonds. The molecule has 1 heterocycles. The summed E-state index contributed by atoms with van der Waals surface area (Å²) in [5, 5.41) is 3.04. The minimum atomic E-state index is -0.0104. The Balaban J connectivity index is 1.84. The van der Waals surface area contributed by atoms with Crippen LogP contribution >= 0.6 is 11.8 Å². The van der Waals surface area contributed by atoms with E-state index in [0.29, 0.717) is 6.04 Å². The fourth-order valence-corrected chi connectivity index (χ4v) is 2.98. The fraction of sp³-hybridized carbons (Fsp3) is 0.357. The Kier molecular flexibility index (Phi) is 4.70. The molecule has 3 nitrogen and oxygen atoms in total. The molecular weight excluding hydrogens is 244 g/mol. The third-order valence-electron chi connectivity index (χ3n) is 2.93. The number of anilines is 1. The second-order valence-electron chi connectivity index (χ2n) is 4.40. The lowest BCUT2D eigenvalue weighted by Gasteiger charge is -2.21. The SMILES string of the molecule is Nc1ccc(/C=C/C(=O)NC2CCSCC2)cc1. The molecule has 1 aliphatic rings. The maximum Gasteiger partial charge on any atom is 0.244 e. The number of hydrogen-bond acceptors (Lipinski definition) is 3. The van der Waals surface area contributed by atoms with Gasteiger partial charge in [0.15, 0.2) is 0 Å². The molecule has 1 saturated heterocycles. The van der Waals surface area contributed by atoms with Gasteiger partial charge in [-0.25, -0.2) is 0 Å². The van der Waals surface area contributed by atoms with Crippen molar-refractivity contribution < 1.29 is 4.79 Å². The first-order chi connectivity index (χ1) is 8.74. The summed E-state index contributed by atoms with van der Waals surface area (Å²) in [5.74, 6) is 2.28. The predicted octanol–water partition coefficient (Wildman–Crippen LogP) is 2.29. The Morgan fingerprint density at radius 2 is 1.94 bits per heavy atom. The maximum atomic E-state index is 11.7. The van der Waals surface area contributed by atoms with Crippen molar-refractivity contribution >= 4 is 29.4 Å². The van der Waals surface area contributed by atoms with Crippen LogP contribution in [0.4, 0.5) is 5.69 Å². The van der Waals surface area contributed by atoms with Gasteiger partial charge in [-0.2, -0.15) is 11.8 Å². The van der Waals surface area contributed by atoms with Gasteiger partial charge in [0.25, 0.3) is 0 Å². The molecule has 0 saturated carbocycles. The minimum absolute atomic E-state index is 0.0104. The first-order valence-corrected chi connectivity index (χ1v) is 7.31. The maximum absolute atomic E-state index is 11.7. The molecule has 3 N–H and O–H groups in total. The van der Waals surface area contributed by atoms with E-state index in [1.54, 1.807) is 6.08 Å². The molecule has 0 aliphatic carbocycles. The Morgan fingerprint density at radius 1 is 1.28 bits per heavy atom. The van der Waals surface area contributed by atoms with E-state index in [-0.39, 0.29) is 5.91 Å². The van der Waals surface area contributed by atoms with Crippen LogP contribution in [0.1, 0.15) is 18.4 Å². The van der Waals surface area contributed by atoms with Crippen LogP contribution in [0.25, 0.3) is 6.08 Å². The van der Waals surface area contributed by atoms with Gasteiger partial charge in [0, 0.05) is 17.8 Å². The van der Waals surface area contributed by atoms with Crippen molar-refractivity contribution in [3.63, 3.8) is 0 Å². The van der Waals surface area contributed by atoms with Crippen molar-refractivity contribution in [2.24, 2.45) is 0 Å². The van der Waals surface area contributed by atoms with Crippen molar-refractivity contribution in [1.82, 2.24) is 5.32 Å². The van der Waals surface area contributed by atoms with E-state index >= 15 is 0 Å². The fourth-order valence-electron chi connectivity index (χ4n) is 1.87. The monoisotopic (exact) mass is 262 g/mol. The third-order valence-corrected chi connectivity index (χ3v) is 3.98. The van der Waals surface area contributed by atoms with Crippen molar-refractivity contribution in [3.05, 3.63) is 35.9 Å². The summed E-state index contributed by atoms with van der Waals surface area (Å²) in [4.78, 5) is 11.7. The van der Waals surface area contributed by atoms with Crippen LogP contribution in [0.2, 0.25) is 0 Å². The summed E-state index contributed by atoms with van der Waals surface area (Å²) >= 11 is 1.96. The highest BCUT2D eigenvalue weighted by Gasteiger charge is 2.14. The van der Waals surface area contributed by atoms with E-state index in [1.807, 2.05) is 42.1 Å². The third kappa shape index (κ3) is 4.11. The summed E-state index contributed by atoms with van der Waals surface area (Å²) < 4.78 is 0. The van der Waals surface area contributed by atoms with Crippen LogP contribution in [-0.4, -0.2) is 23.5 Å². The van der Waals surface area contributed by atoms with Crippen LogP contribution in [0.3, 0.4) is 0 Å². The molecule has 0 radical (unpaired) electrons. The number of hydrogen-bond donors (Lipinski definition) is 2. The van der Waals surface area contributed by atoms with Crippen LogP contribution in [-0.2, 0) is 4.79 Å². The summed E-state index contributed by atoms with van der Waals surface area (Å²) in [7, 11) is 0. The first-order valence-electron chi connectivity index (χ1n) is 6.16. The molecule has 1 aromatic carbocycles. The van der Waals surface area contributed by atoms with Gasteiger partial charge in [-0.1, -0.05) is 12.1 Å². The molecule has 1 aliphatic heterocycles. The lowest BCUT2D eigenvalue weighted by molar-refractivity contribution is -0.117.